The van der Waals surface area contributed by atoms with Gasteiger partial charge in [0.15, 0.2) is 0 Å². The number of hydrogen-bond acceptors (Lipinski definition) is 3. The summed E-state index contributed by atoms with van der Waals surface area (Å²) < 4.78 is 5.59. The third-order valence-corrected chi connectivity index (χ3v) is 4.08. The van der Waals surface area contributed by atoms with Crippen LogP contribution in [0.15, 0.2) is 12.1 Å². The molecule has 0 saturated carbocycles. The second-order valence-corrected chi connectivity index (χ2v) is 5.55. The van der Waals surface area contributed by atoms with Crippen molar-refractivity contribution in [1.82, 2.24) is 5.43 Å². The van der Waals surface area contributed by atoms with Crippen molar-refractivity contribution < 1.29 is 4.74 Å². The highest BCUT2D eigenvalue weighted by molar-refractivity contribution is 5.46. The van der Waals surface area contributed by atoms with Gasteiger partial charge in [-0.15, -0.1) is 0 Å². The Bertz CT molecular complexity index is 404. The number of methoxy groups -OCH3 is 1. The quantitative estimate of drug-likeness (QED) is 0.405. The van der Waals surface area contributed by atoms with Crippen molar-refractivity contribution in [2.75, 3.05) is 7.11 Å². The molecule has 0 aliphatic heterocycles. The first kappa shape index (κ1) is 17.0. The predicted octanol–water partition coefficient (Wildman–Crippen LogP) is 4.18. The SMILES string of the molecule is CCCCCCCC(NN)c1ccc(C)c(C)c1OC. The van der Waals surface area contributed by atoms with Gasteiger partial charge in [-0.05, 0) is 31.4 Å². The molecule has 0 fully saturated rings. The third kappa shape index (κ3) is 4.50. The van der Waals surface area contributed by atoms with Crippen LogP contribution in [-0.2, 0) is 0 Å². The molecule has 0 spiro atoms. The van der Waals surface area contributed by atoms with Gasteiger partial charge in [-0.2, -0.15) is 0 Å². The van der Waals surface area contributed by atoms with Crippen molar-refractivity contribution in [3.63, 3.8) is 0 Å². The fraction of sp³-hybridized carbons (Fsp3) is 0.647. The van der Waals surface area contributed by atoms with Crippen LogP contribution >= 0.6 is 0 Å². The number of nitrogens with two attached hydrogens (primary N) is 1. The number of unbranched alkanes of at least 4 members (excludes halogenated alkanes) is 4. The lowest BCUT2D eigenvalue weighted by Crippen LogP contribution is -2.28. The average molecular weight is 278 g/mol. The first-order valence-electron chi connectivity index (χ1n) is 7.75. The summed E-state index contributed by atoms with van der Waals surface area (Å²) in [6.07, 6.45) is 7.46. The van der Waals surface area contributed by atoms with Gasteiger partial charge in [-0.3, -0.25) is 11.3 Å². The maximum absolute atomic E-state index is 5.75. The summed E-state index contributed by atoms with van der Waals surface area (Å²) in [5.74, 6) is 6.73. The Morgan fingerprint density at radius 3 is 2.45 bits per heavy atom. The molecule has 20 heavy (non-hydrogen) atoms. The van der Waals surface area contributed by atoms with E-state index in [0.29, 0.717) is 0 Å². The van der Waals surface area contributed by atoms with Gasteiger partial charge in [-0.25, -0.2) is 0 Å². The van der Waals surface area contributed by atoms with Crippen molar-refractivity contribution in [1.29, 1.82) is 0 Å². The minimum absolute atomic E-state index is 0.172. The van der Waals surface area contributed by atoms with Crippen molar-refractivity contribution in [3.8, 4) is 5.75 Å². The highest BCUT2D eigenvalue weighted by atomic mass is 16.5. The number of rotatable bonds is 9. The van der Waals surface area contributed by atoms with Crippen LogP contribution in [0.5, 0.6) is 5.75 Å². The van der Waals surface area contributed by atoms with E-state index in [9.17, 15) is 0 Å². The minimum Gasteiger partial charge on any atom is -0.496 e. The number of hydrogen-bond donors (Lipinski definition) is 2. The lowest BCUT2D eigenvalue weighted by atomic mass is 9.95. The number of nitrogens with one attached hydrogen (secondary N) is 1. The summed E-state index contributed by atoms with van der Waals surface area (Å²) in [5.41, 5.74) is 6.58. The fourth-order valence-corrected chi connectivity index (χ4v) is 2.64. The molecule has 3 N–H and O–H groups in total. The minimum atomic E-state index is 0.172. The normalized spacial score (nSPS) is 12.4. The van der Waals surface area contributed by atoms with E-state index in [4.69, 9.17) is 10.6 Å². The van der Waals surface area contributed by atoms with Gasteiger partial charge in [0.25, 0.3) is 0 Å². The summed E-state index contributed by atoms with van der Waals surface area (Å²) in [7, 11) is 1.74. The second kappa shape index (κ2) is 8.98. The molecule has 0 saturated heterocycles. The van der Waals surface area contributed by atoms with Crippen LogP contribution in [0.25, 0.3) is 0 Å². The summed E-state index contributed by atoms with van der Waals surface area (Å²) in [4.78, 5) is 0. The molecule has 0 aliphatic rings. The molecule has 114 valence electrons. The molecule has 0 aliphatic carbocycles. The van der Waals surface area contributed by atoms with Crippen LogP contribution < -0.4 is 16.0 Å². The molecular weight excluding hydrogens is 248 g/mol. The molecule has 3 heteroatoms. The molecule has 1 unspecified atom stereocenters. The molecule has 0 amide bonds. The summed E-state index contributed by atoms with van der Waals surface area (Å²) in [5, 5.41) is 0. The molecule has 0 radical (unpaired) electrons. The molecule has 0 bridgehead atoms. The number of aryl methyl sites for hydroxylation is 1. The predicted molar refractivity (Wildman–Crippen MR) is 85.9 cm³/mol. The van der Waals surface area contributed by atoms with E-state index in [0.717, 1.165) is 12.2 Å². The Hall–Kier alpha value is -1.06. The zero-order valence-electron chi connectivity index (χ0n) is 13.5. The highest BCUT2D eigenvalue weighted by Gasteiger charge is 2.17. The number of benzene rings is 1. The monoisotopic (exact) mass is 278 g/mol. The first-order valence-corrected chi connectivity index (χ1v) is 7.75. The maximum atomic E-state index is 5.75. The Kier molecular flexibility index (Phi) is 7.63. The Morgan fingerprint density at radius 2 is 1.85 bits per heavy atom. The zero-order valence-corrected chi connectivity index (χ0v) is 13.5. The topological polar surface area (TPSA) is 47.3 Å². The van der Waals surface area contributed by atoms with E-state index >= 15 is 0 Å². The van der Waals surface area contributed by atoms with E-state index in [1.807, 2.05) is 0 Å². The Balaban J connectivity index is 2.72. The van der Waals surface area contributed by atoms with Crippen LogP contribution in [0.4, 0.5) is 0 Å². The van der Waals surface area contributed by atoms with Crippen molar-refractivity contribution in [2.24, 2.45) is 5.84 Å². The van der Waals surface area contributed by atoms with Crippen LogP contribution in [0.3, 0.4) is 0 Å². The van der Waals surface area contributed by atoms with Gasteiger partial charge in [-0.1, -0.05) is 51.2 Å². The molecule has 0 heterocycles. The maximum Gasteiger partial charge on any atom is 0.126 e. The Labute approximate surface area is 123 Å². The lowest BCUT2D eigenvalue weighted by molar-refractivity contribution is 0.389. The molecule has 1 aromatic carbocycles. The van der Waals surface area contributed by atoms with E-state index in [1.54, 1.807) is 7.11 Å². The van der Waals surface area contributed by atoms with Crippen LogP contribution in [-0.4, -0.2) is 7.11 Å². The van der Waals surface area contributed by atoms with E-state index in [2.05, 4.69) is 38.3 Å². The van der Waals surface area contributed by atoms with Gasteiger partial charge in [0.1, 0.15) is 5.75 Å². The summed E-state index contributed by atoms with van der Waals surface area (Å²) in [6.45, 7) is 6.45. The first-order chi connectivity index (χ1) is 9.65. The van der Waals surface area contributed by atoms with Crippen LogP contribution in [0, 0.1) is 13.8 Å². The number of hydrazine groups is 1. The van der Waals surface area contributed by atoms with Crippen molar-refractivity contribution in [3.05, 3.63) is 28.8 Å². The average Bonchev–Trinajstić information content (AvgIpc) is 2.46. The molecule has 1 aromatic rings. The van der Waals surface area contributed by atoms with E-state index < -0.39 is 0 Å². The van der Waals surface area contributed by atoms with Crippen molar-refractivity contribution >= 4 is 0 Å². The summed E-state index contributed by atoms with van der Waals surface area (Å²) in [6, 6.07) is 4.46. The fourth-order valence-electron chi connectivity index (χ4n) is 2.64. The molecule has 3 nitrogen and oxygen atoms in total. The summed E-state index contributed by atoms with van der Waals surface area (Å²) >= 11 is 0. The van der Waals surface area contributed by atoms with E-state index in [-0.39, 0.29) is 6.04 Å². The van der Waals surface area contributed by atoms with Gasteiger partial charge < -0.3 is 4.74 Å². The number of ether oxygens (including phenoxy) is 1. The molecule has 1 rings (SSSR count). The van der Waals surface area contributed by atoms with Gasteiger partial charge in [0.05, 0.1) is 7.11 Å². The molecular formula is C17H30N2O. The second-order valence-electron chi connectivity index (χ2n) is 5.55. The van der Waals surface area contributed by atoms with Crippen molar-refractivity contribution in [2.45, 2.75) is 65.3 Å². The van der Waals surface area contributed by atoms with Crippen LogP contribution in [0.1, 0.15) is 68.2 Å². The van der Waals surface area contributed by atoms with Gasteiger partial charge >= 0.3 is 0 Å². The standard InChI is InChI=1S/C17H30N2O/c1-5-6-7-8-9-10-16(19-18)15-12-11-13(2)14(3)17(15)20-4/h11-12,16,19H,5-10,18H2,1-4H3. The third-order valence-electron chi connectivity index (χ3n) is 4.08. The highest BCUT2D eigenvalue weighted by Crippen LogP contribution is 2.32. The smallest absolute Gasteiger partial charge is 0.126 e. The van der Waals surface area contributed by atoms with E-state index in [1.165, 1.54) is 48.8 Å². The lowest BCUT2D eigenvalue weighted by Gasteiger charge is -2.21. The van der Waals surface area contributed by atoms with Crippen LogP contribution in [0.2, 0.25) is 0 Å². The molecule has 1 atom stereocenters. The van der Waals surface area contributed by atoms with Gasteiger partial charge in [0, 0.05) is 11.6 Å². The van der Waals surface area contributed by atoms with Gasteiger partial charge in [0.2, 0.25) is 0 Å². The zero-order chi connectivity index (χ0) is 15.0. The Morgan fingerprint density at radius 1 is 1.15 bits per heavy atom. The largest absolute Gasteiger partial charge is 0.496 e. The molecule has 0 aromatic heterocycles.